The number of hydrogen-bond acceptors (Lipinski definition) is 6. The Labute approximate surface area is 175 Å². The average Bonchev–Trinajstić information content (AvgIpc) is 3.35. The fourth-order valence-corrected chi connectivity index (χ4v) is 5.79. The summed E-state index contributed by atoms with van der Waals surface area (Å²) in [6, 6.07) is 12.4. The van der Waals surface area contributed by atoms with E-state index in [4.69, 9.17) is 4.98 Å². The molecule has 4 aromatic rings. The second-order valence-corrected chi connectivity index (χ2v) is 9.74. The predicted octanol–water partition coefficient (Wildman–Crippen LogP) is 4.15. The molecule has 1 aromatic carbocycles. The highest BCUT2D eigenvalue weighted by molar-refractivity contribution is 7.86. The first-order chi connectivity index (χ1) is 14.3. The van der Waals surface area contributed by atoms with Gasteiger partial charge in [0.2, 0.25) is 9.30 Å². The summed E-state index contributed by atoms with van der Waals surface area (Å²) in [5, 5.41) is 4.49. The highest BCUT2D eigenvalue weighted by Crippen LogP contribution is 2.27. The van der Waals surface area contributed by atoms with Gasteiger partial charge in [0.25, 0.3) is 0 Å². The van der Waals surface area contributed by atoms with E-state index in [1.165, 1.54) is 36.3 Å². The minimum absolute atomic E-state index is 0.435. The van der Waals surface area contributed by atoms with E-state index < -0.39 is 10.8 Å². The third-order valence-corrected chi connectivity index (χ3v) is 7.74. The molecule has 0 aliphatic carbocycles. The summed E-state index contributed by atoms with van der Waals surface area (Å²) < 4.78 is 14.9. The van der Waals surface area contributed by atoms with Crippen molar-refractivity contribution in [3.05, 3.63) is 60.6 Å². The Morgan fingerprint density at radius 1 is 1.00 bits per heavy atom. The number of nitrogens with zero attached hydrogens (tertiary/aromatic N) is 5. The summed E-state index contributed by atoms with van der Waals surface area (Å²) in [6.45, 7) is 2.28. The molecule has 0 amide bonds. The largest absolute Gasteiger partial charge is 0.372 e. The molecule has 0 saturated carbocycles. The van der Waals surface area contributed by atoms with Crippen molar-refractivity contribution in [3.63, 3.8) is 0 Å². The summed E-state index contributed by atoms with van der Waals surface area (Å²) in [5.41, 5.74) is 4.23. The van der Waals surface area contributed by atoms with Gasteiger partial charge in [0.05, 0.1) is 28.4 Å². The second-order valence-electron chi connectivity index (χ2n) is 7.16. The highest BCUT2D eigenvalue weighted by atomic mass is 32.2. The van der Waals surface area contributed by atoms with E-state index in [1.54, 1.807) is 16.9 Å². The lowest BCUT2D eigenvalue weighted by molar-refractivity contribution is 0.578. The number of fused-ring (bicyclic) bond motifs is 1. The zero-order valence-corrected chi connectivity index (χ0v) is 17.5. The van der Waals surface area contributed by atoms with Crippen LogP contribution in [0.5, 0.6) is 0 Å². The molecule has 3 aromatic heterocycles. The molecule has 1 aliphatic heterocycles. The molecule has 1 fully saturated rings. The number of imidazole rings is 1. The molecule has 1 saturated heterocycles. The standard InChI is InChI=1S/C21H21N5OS2/c27-29(15-16-8-10-22-11-9-16)21-24-26-14-19(23-20(26)28-21)17-4-6-18(7-5-17)25-12-2-1-3-13-25/h4-11,14H,1-3,12-13,15H2. The normalized spacial score (nSPS) is 15.7. The monoisotopic (exact) mass is 423 g/mol. The molecular formula is C21H21N5OS2. The van der Waals surface area contributed by atoms with Crippen molar-refractivity contribution in [2.45, 2.75) is 29.4 Å². The van der Waals surface area contributed by atoms with Crippen molar-refractivity contribution >= 4 is 32.8 Å². The Balaban J connectivity index is 1.33. The zero-order valence-electron chi connectivity index (χ0n) is 15.9. The molecule has 5 rings (SSSR count). The Hall–Kier alpha value is -2.58. The summed E-state index contributed by atoms with van der Waals surface area (Å²) in [7, 11) is -1.19. The predicted molar refractivity (Wildman–Crippen MR) is 117 cm³/mol. The van der Waals surface area contributed by atoms with Crippen LogP contribution < -0.4 is 4.90 Å². The Kier molecular flexibility index (Phi) is 5.12. The van der Waals surface area contributed by atoms with Gasteiger partial charge in [-0.1, -0.05) is 23.5 Å². The molecular weight excluding hydrogens is 402 g/mol. The van der Waals surface area contributed by atoms with E-state index >= 15 is 0 Å². The van der Waals surface area contributed by atoms with Gasteiger partial charge in [0.15, 0.2) is 0 Å². The molecule has 8 heteroatoms. The van der Waals surface area contributed by atoms with Gasteiger partial charge in [-0.2, -0.15) is 0 Å². The molecule has 4 heterocycles. The highest BCUT2D eigenvalue weighted by Gasteiger charge is 2.15. The third-order valence-electron chi connectivity index (χ3n) is 5.15. The first-order valence-corrected chi connectivity index (χ1v) is 11.9. The van der Waals surface area contributed by atoms with Gasteiger partial charge in [-0.25, -0.2) is 9.50 Å². The lowest BCUT2D eigenvalue weighted by Crippen LogP contribution is -2.29. The molecule has 1 aliphatic rings. The van der Waals surface area contributed by atoms with Gasteiger partial charge in [0.1, 0.15) is 0 Å². The Morgan fingerprint density at radius 2 is 1.76 bits per heavy atom. The van der Waals surface area contributed by atoms with E-state index in [9.17, 15) is 4.21 Å². The van der Waals surface area contributed by atoms with E-state index in [2.05, 4.69) is 39.2 Å². The molecule has 0 spiro atoms. The second kappa shape index (κ2) is 8.04. The van der Waals surface area contributed by atoms with Crippen LogP contribution in [-0.4, -0.2) is 36.9 Å². The summed E-state index contributed by atoms with van der Waals surface area (Å²) in [5.74, 6) is 0.435. The number of benzene rings is 1. The third kappa shape index (κ3) is 3.95. The van der Waals surface area contributed by atoms with Crippen LogP contribution in [0.1, 0.15) is 24.8 Å². The van der Waals surface area contributed by atoms with E-state index in [0.29, 0.717) is 10.1 Å². The van der Waals surface area contributed by atoms with Crippen molar-refractivity contribution in [1.29, 1.82) is 0 Å². The minimum atomic E-state index is -1.19. The average molecular weight is 424 g/mol. The quantitative estimate of drug-likeness (QED) is 0.482. The maximum absolute atomic E-state index is 12.6. The van der Waals surface area contributed by atoms with Crippen molar-refractivity contribution in [3.8, 4) is 11.3 Å². The molecule has 0 radical (unpaired) electrons. The molecule has 6 nitrogen and oxygen atoms in total. The van der Waals surface area contributed by atoms with Gasteiger partial charge in [-0.05, 0) is 49.1 Å². The first kappa shape index (κ1) is 18.4. The van der Waals surface area contributed by atoms with Crippen molar-refractivity contribution in [1.82, 2.24) is 19.6 Å². The molecule has 148 valence electrons. The van der Waals surface area contributed by atoms with Crippen LogP contribution >= 0.6 is 11.3 Å². The van der Waals surface area contributed by atoms with Crippen LogP contribution in [-0.2, 0) is 16.6 Å². The number of rotatable bonds is 5. The zero-order chi connectivity index (χ0) is 19.6. The maximum Gasteiger partial charge on any atom is 0.213 e. The topological polar surface area (TPSA) is 63.4 Å². The first-order valence-electron chi connectivity index (χ1n) is 9.75. The van der Waals surface area contributed by atoms with Crippen molar-refractivity contribution in [2.75, 3.05) is 18.0 Å². The van der Waals surface area contributed by atoms with Crippen LogP contribution in [0.2, 0.25) is 0 Å². The number of piperidine rings is 1. The smallest absolute Gasteiger partial charge is 0.213 e. The fraction of sp³-hybridized carbons (Fsp3) is 0.286. The van der Waals surface area contributed by atoms with Gasteiger partial charge in [-0.3, -0.25) is 9.19 Å². The fourth-order valence-electron chi connectivity index (χ4n) is 3.60. The number of anilines is 1. The van der Waals surface area contributed by atoms with Crippen LogP contribution in [0.15, 0.2) is 59.3 Å². The molecule has 0 N–H and O–H groups in total. The number of aromatic nitrogens is 4. The van der Waals surface area contributed by atoms with Crippen LogP contribution in [0.3, 0.4) is 0 Å². The number of pyridine rings is 1. The van der Waals surface area contributed by atoms with Crippen LogP contribution in [0, 0.1) is 0 Å². The SMILES string of the molecule is O=S(Cc1ccncc1)c1nn2cc(-c3ccc(N4CCCCC4)cc3)nc2s1. The lowest BCUT2D eigenvalue weighted by atomic mass is 10.1. The van der Waals surface area contributed by atoms with E-state index in [1.807, 2.05) is 18.3 Å². The van der Waals surface area contributed by atoms with Crippen LogP contribution in [0.25, 0.3) is 16.2 Å². The summed E-state index contributed by atoms with van der Waals surface area (Å²) in [4.78, 5) is 11.9. The summed E-state index contributed by atoms with van der Waals surface area (Å²) >= 11 is 1.38. The lowest BCUT2D eigenvalue weighted by Gasteiger charge is -2.28. The van der Waals surface area contributed by atoms with Crippen molar-refractivity contribution < 1.29 is 4.21 Å². The van der Waals surface area contributed by atoms with E-state index in [-0.39, 0.29) is 0 Å². The van der Waals surface area contributed by atoms with Gasteiger partial charge in [0, 0.05) is 36.7 Å². The maximum atomic E-state index is 12.6. The Bertz CT molecular complexity index is 1100. The van der Waals surface area contributed by atoms with Gasteiger partial charge < -0.3 is 4.90 Å². The van der Waals surface area contributed by atoms with Gasteiger partial charge in [-0.15, -0.1) is 5.10 Å². The number of hydrogen-bond donors (Lipinski definition) is 0. The minimum Gasteiger partial charge on any atom is -0.372 e. The van der Waals surface area contributed by atoms with Crippen molar-refractivity contribution in [2.24, 2.45) is 0 Å². The molecule has 29 heavy (non-hydrogen) atoms. The molecule has 0 bridgehead atoms. The van der Waals surface area contributed by atoms with Crippen LogP contribution in [0.4, 0.5) is 5.69 Å². The Morgan fingerprint density at radius 3 is 2.48 bits per heavy atom. The van der Waals surface area contributed by atoms with Gasteiger partial charge >= 0.3 is 0 Å². The molecule has 1 atom stereocenters. The summed E-state index contributed by atoms with van der Waals surface area (Å²) in [6.07, 6.45) is 9.22. The van der Waals surface area contributed by atoms with E-state index in [0.717, 1.165) is 34.9 Å². The molecule has 1 unspecified atom stereocenters.